The Bertz CT molecular complexity index is 421. The Morgan fingerprint density at radius 1 is 1.30 bits per heavy atom. The van der Waals surface area contributed by atoms with Gasteiger partial charge in [0.15, 0.2) is 5.17 Å². The molecule has 2 saturated carbocycles. The summed E-state index contributed by atoms with van der Waals surface area (Å²) in [5.74, 6) is 3.05. The maximum absolute atomic E-state index is 11.9. The van der Waals surface area contributed by atoms with Crippen molar-refractivity contribution in [2.24, 2.45) is 28.7 Å². The van der Waals surface area contributed by atoms with Gasteiger partial charge in [-0.05, 0) is 49.4 Å². The molecule has 1 N–H and O–H groups in total. The van der Waals surface area contributed by atoms with Crippen molar-refractivity contribution in [1.29, 1.82) is 0 Å². The number of carbonyl (C=O) groups excluding carboxylic acids is 1. The number of rotatable bonds is 3. The smallest absolute Gasteiger partial charge is 0.261 e. The van der Waals surface area contributed by atoms with E-state index < -0.39 is 0 Å². The molecule has 1 amide bonds. The number of hydrogen-bond donors (Lipinski definition) is 1. The minimum atomic E-state index is 0.0293. The van der Waals surface area contributed by atoms with Gasteiger partial charge in [0.05, 0.1) is 5.25 Å². The van der Waals surface area contributed by atoms with Gasteiger partial charge in [-0.25, -0.2) is 0 Å². The number of hydrogen-bond acceptors (Lipinski definition) is 3. The third-order valence-corrected chi connectivity index (χ3v) is 6.71. The maximum atomic E-state index is 11.9. The van der Waals surface area contributed by atoms with E-state index >= 15 is 0 Å². The summed E-state index contributed by atoms with van der Waals surface area (Å²) in [6, 6.07) is 0.557. The molecule has 1 heterocycles. The summed E-state index contributed by atoms with van der Waals surface area (Å²) in [5, 5.41) is 4.52. The first-order valence-corrected chi connectivity index (χ1v) is 9.00. The second-order valence-corrected chi connectivity index (χ2v) is 8.26. The third-order valence-electron chi connectivity index (χ3n) is 5.28. The van der Waals surface area contributed by atoms with Crippen LogP contribution in [0, 0.1) is 23.7 Å². The number of fused-ring (bicyclic) bond motifs is 2. The van der Waals surface area contributed by atoms with Gasteiger partial charge in [0.25, 0.3) is 5.91 Å². The van der Waals surface area contributed by atoms with Gasteiger partial charge in [0, 0.05) is 6.04 Å². The van der Waals surface area contributed by atoms with Gasteiger partial charge in [-0.1, -0.05) is 39.0 Å². The van der Waals surface area contributed by atoms with Gasteiger partial charge in [0.2, 0.25) is 0 Å². The lowest BCUT2D eigenvalue weighted by Crippen LogP contribution is -2.36. The van der Waals surface area contributed by atoms with Crippen LogP contribution in [0.4, 0.5) is 0 Å². The minimum absolute atomic E-state index is 0.0293. The Kier molecular flexibility index (Phi) is 4.11. The highest BCUT2D eigenvalue weighted by Crippen LogP contribution is 2.46. The molecule has 0 aromatic carbocycles. The molecular weight excluding hydrogens is 268 g/mol. The highest BCUT2D eigenvalue weighted by atomic mass is 32.2. The van der Waals surface area contributed by atoms with Crippen LogP contribution < -0.4 is 5.32 Å². The number of aliphatic imine (C=N–C) groups is 1. The zero-order chi connectivity index (χ0) is 14.3. The van der Waals surface area contributed by atoms with Gasteiger partial charge in [-0.2, -0.15) is 4.99 Å². The Morgan fingerprint density at radius 2 is 2.10 bits per heavy atom. The molecule has 3 nitrogen and oxygen atoms in total. The fourth-order valence-electron chi connectivity index (χ4n) is 4.21. The topological polar surface area (TPSA) is 41.5 Å². The van der Waals surface area contributed by atoms with Crippen molar-refractivity contribution in [3.63, 3.8) is 0 Å². The number of thioether (sulfide) groups is 1. The van der Waals surface area contributed by atoms with Crippen LogP contribution in [-0.2, 0) is 4.79 Å². The van der Waals surface area contributed by atoms with Crippen LogP contribution in [0.15, 0.2) is 4.99 Å². The average molecular weight is 294 g/mol. The van der Waals surface area contributed by atoms with E-state index in [1.807, 2.05) is 0 Å². The van der Waals surface area contributed by atoms with E-state index in [0.717, 1.165) is 22.9 Å². The van der Waals surface area contributed by atoms with E-state index in [2.05, 4.69) is 31.1 Å². The second kappa shape index (κ2) is 5.70. The molecule has 0 spiro atoms. The van der Waals surface area contributed by atoms with E-state index in [4.69, 9.17) is 0 Å². The summed E-state index contributed by atoms with van der Waals surface area (Å²) < 4.78 is 0. The molecule has 2 bridgehead atoms. The van der Waals surface area contributed by atoms with Crippen LogP contribution in [0.1, 0.15) is 52.9 Å². The number of amides is 1. The van der Waals surface area contributed by atoms with Gasteiger partial charge >= 0.3 is 0 Å². The summed E-state index contributed by atoms with van der Waals surface area (Å²) in [6.45, 7) is 6.52. The Labute approximate surface area is 126 Å². The van der Waals surface area contributed by atoms with Gasteiger partial charge in [0.1, 0.15) is 0 Å². The molecule has 5 unspecified atom stereocenters. The quantitative estimate of drug-likeness (QED) is 0.867. The molecule has 3 aliphatic rings. The molecule has 2 aliphatic carbocycles. The number of nitrogens with one attached hydrogen (secondary N) is 1. The van der Waals surface area contributed by atoms with Crippen molar-refractivity contribution in [3.05, 3.63) is 0 Å². The largest absolute Gasteiger partial charge is 0.361 e. The summed E-state index contributed by atoms with van der Waals surface area (Å²) in [6.07, 6.45) is 6.76. The molecule has 5 atom stereocenters. The van der Waals surface area contributed by atoms with Crippen molar-refractivity contribution in [2.45, 2.75) is 64.2 Å². The van der Waals surface area contributed by atoms with Crippen LogP contribution in [0.2, 0.25) is 0 Å². The molecule has 112 valence electrons. The number of nitrogens with zero attached hydrogens (tertiary/aromatic N) is 1. The van der Waals surface area contributed by atoms with Crippen molar-refractivity contribution in [1.82, 2.24) is 5.32 Å². The first kappa shape index (κ1) is 14.4. The first-order chi connectivity index (χ1) is 9.56. The van der Waals surface area contributed by atoms with Crippen molar-refractivity contribution in [3.8, 4) is 0 Å². The highest BCUT2D eigenvalue weighted by molar-refractivity contribution is 8.15. The lowest BCUT2D eigenvalue weighted by Gasteiger charge is -2.28. The zero-order valence-corrected chi connectivity index (χ0v) is 13.6. The maximum Gasteiger partial charge on any atom is 0.261 e. The van der Waals surface area contributed by atoms with Crippen molar-refractivity contribution < 1.29 is 4.79 Å². The van der Waals surface area contributed by atoms with E-state index in [1.54, 1.807) is 11.8 Å². The highest BCUT2D eigenvalue weighted by Gasteiger charge is 2.41. The standard InChI is InChI=1S/C16H26N2OS/c1-4-10-5-11-7-12(6-10)13(8-11)17-16-18-15(19)14(20-16)9(2)3/h9-14H,4-8H2,1-3H3,(H,17,18,19). The SMILES string of the molecule is CCC1CC2CC(C1)C(NC1=NC(=O)C(C(C)C)S1)C2. The van der Waals surface area contributed by atoms with Crippen LogP contribution in [0.5, 0.6) is 0 Å². The molecule has 3 rings (SSSR count). The minimum Gasteiger partial charge on any atom is -0.361 e. The first-order valence-electron chi connectivity index (χ1n) is 8.12. The number of carbonyl (C=O) groups is 1. The fraction of sp³-hybridized carbons (Fsp3) is 0.875. The molecule has 2 fully saturated rings. The number of amidine groups is 1. The van der Waals surface area contributed by atoms with Gasteiger partial charge in [-0.15, -0.1) is 0 Å². The van der Waals surface area contributed by atoms with Gasteiger partial charge in [-0.3, -0.25) is 4.79 Å². The molecule has 0 aromatic heterocycles. The van der Waals surface area contributed by atoms with Gasteiger partial charge < -0.3 is 5.32 Å². The second-order valence-electron chi connectivity index (χ2n) is 7.13. The Hall–Kier alpha value is -0.510. The van der Waals surface area contributed by atoms with E-state index in [9.17, 15) is 4.79 Å². The molecule has 20 heavy (non-hydrogen) atoms. The summed E-state index contributed by atoms with van der Waals surface area (Å²) >= 11 is 1.64. The third kappa shape index (κ3) is 2.76. The molecular formula is C16H26N2OS. The molecule has 4 heteroatoms. The van der Waals surface area contributed by atoms with Crippen LogP contribution >= 0.6 is 11.8 Å². The van der Waals surface area contributed by atoms with Crippen LogP contribution in [-0.4, -0.2) is 22.4 Å². The summed E-state index contributed by atoms with van der Waals surface area (Å²) in [7, 11) is 0. The van der Waals surface area contributed by atoms with Crippen LogP contribution in [0.25, 0.3) is 0 Å². The normalized spacial score (nSPS) is 40.3. The van der Waals surface area contributed by atoms with E-state index in [-0.39, 0.29) is 11.2 Å². The van der Waals surface area contributed by atoms with Crippen molar-refractivity contribution >= 4 is 22.8 Å². The lowest BCUT2D eigenvalue weighted by atomic mass is 9.79. The average Bonchev–Trinajstić information content (AvgIpc) is 2.90. The molecule has 0 radical (unpaired) electrons. The summed E-state index contributed by atoms with van der Waals surface area (Å²) in [4.78, 5) is 16.1. The fourth-order valence-corrected chi connectivity index (χ4v) is 5.23. The predicted molar refractivity (Wildman–Crippen MR) is 84.8 cm³/mol. The molecule has 1 aliphatic heterocycles. The van der Waals surface area contributed by atoms with E-state index in [0.29, 0.717) is 12.0 Å². The molecule has 0 saturated heterocycles. The molecule has 0 aromatic rings. The monoisotopic (exact) mass is 294 g/mol. The zero-order valence-electron chi connectivity index (χ0n) is 12.8. The lowest BCUT2D eigenvalue weighted by molar-refractivity contribution is -0.117. The Balaban J connectivity index is 1.60. The predicted octanol–water partition coefficient (Wildman–Crippen LogP) is 3.44. The van der Waals surface area contributed by atoms with Crippen molar-refractivity contribution in [2.75, 3.05) is 0 Å². The van der Waals surface area contributed by atoms with Crippen LogP contribution in [0.3, 0.4) is 0 Å². The van der Waals surface area contributed by atoms with E-state index in [1.165, 1.54) is 32.1 Å². The Morgan fingerprint density at radius 3 is 2.75 bits per heavy atom. The summed E-state index contributed by atoms with van der Waals surface area (Å²) in [5.41, 5.74) is 0.